The minimum atomic E-state index is 0.375. The van der Waals surface area contributed by atoms with Gasteiger partial charge in [0.15, 0.2) is 0 Å². The van der Waals surface area contributed by atoms with Crippen molar-refractivity contribution in [1.82, 2.24) is 15.1 Å². The molecule has 1 rings (SSSR count). The van der Waals surface area contributed by atoms with E-state index in [0.29, 0.717) is 6.17 Å². The van der Waals surface area contributed by atoms with E-state index in [9.17, 15) is 0 Å². The first kappa shape index (κ1) is 9.71. The number of piperazine rings is 1. The maximum Gasteiger partial charge on any atom is 0.0808 e. The van der Waals surface area contributed by atoms with Gasteiger partial charge < -0.3 is 0 Å². The van der Waals surface area contributed by atoms with Crippen LogP contribution in [0.3, 0.4) is 0 Å². The summed E-state index contributed by atoms with van der Waals surface area (Å²) in [6, 6.07) is 0. The zero-order valence-corrected chi connectivity index (χ0v) is 8.03. The number of hydrogen-bond donors (Lipinski definition) is 0. The standard InChI is InChI=1S/C9H18N3/c1-4-9(11(2)3)12-7-5-10-6-8-12/h4,9H,1,5-8H2,2-3H3. The van der Waals surface area contributed by atoms with Gasteiger partial charge in [0.25, 0.3) is 0 Å². The molecule has 1 heterocycles. The first-order valence-electron chi connectivity index (χ1n) is 4.42. The number of nitrogens with zero attached hydrogens (tertiary/aromatic N) is 3. The first-order chi connectivity index (χ1) is 5.75. The number of hydrogen-bond acceptors (Lipinski definition) is 2. The molecule has 12 heavy (non-hydrogen) atoms. The Hall–Kier alpha value is -0.380. The van der Waals surface area contributed by atoms with Crippen LogP contribution in [0.15, 0.2) is 12.7 Å². The van der Waals surface area contributed by atoms with E-state index in [-0.39, 0.29) is 0 Å². The van der Waals surface area contributed by atoms with Crippen LogP contribution in [0.2, 0.25) is 0 Å². The van der Waals surface area contributed by atoms with E-state index in [1.165, 1.54) is 0 Å². The molecule has 1 fully saturated rings. The van der Waals surface area contributed by atoms with Crippen LogP contribution in [-0.4, -0.2) is 56.2 Å². The minimum absolute atomic E-state index is 0.375. The highest BCUT2D eigenvalue weighted by molar-refractivity contribution is 4.87. The van der Waals surface area contributed by atoms with Gasteiger partial charge >= 0.3 is 0 Å². The highest BCUT2D eigenvalue weighted by Gasteiger charge is 2.19. The van der Waals surface area contributed by atoms with Gasteiger partial charge in [0.1, 0.15) is 0 Å². The van der Waals surface area contributed by atoms with Crippen LogP contribution in [0.5, 0.6) is 0 Å². The van der Waals surface area contributed by atoms with Crippen molar-refractivity contribution in [3.63, 3.8) is 0 Å². The molecule has 0 bridgehead atoms. The van der Waals surface area contributed by atoms with Gasteiger partial charge in [-0.05, 0) is 14.1 Å². The lowest BCUT2D eigenvalue weighted by Crippen LogP contribution is -2.50. The van der Waals surface area contributed by atoms with Crippen LogP contribution in [0.4, 0.5) is 0 Å². The van der Waals surface area contributed by atoms with Crippen LogP contribution < -0.4 is 5.32 Å². The fourth-order valence-electron chi connectivity index (χ4n) is 1.57. The summed E-state index contributed by atoms with van der Waals surface area (Å²) in [5, 5.41) is 4.31. The maximum atomic E-state index is 4.31. The van der Waals surface area contributed by atoms with Gasteiger partial charge in [-0.2, -0.15) is 0 Å². The highest BCUT2D eigenvalue weighted by atomic mass is 15.3. The Labute approximate surface area is 75.0 Å². The summed E-state index contributed by atoms with van der Waals surface area (Å²) in [5.41, 5.74) is 0. The maximum absolute atomic E-state index is 4.31. The molecule has 0 N–H and O–H groups in total. The smallest absolute Gasteiger partial charge is 0.0808 e. The summed E-state index contributed by atoms with van der Waals surface area (Å²) in [5.74, 6) is 0. The average Bonchev–Trinajstić information content (AvgIpc) is 2.07. The lowest BCUT2D eigenvalue weighted by atomic mass is 10.3. The van der Waals surface area contributed by atoms with Crippen LogP contribution >= 0.6 is 0 Å². The summed E-state index contributed by atoms with van der Waals surface area (Å²) in [6.07, 6.45) is 2.37. The van der Waals surface area contributed by atoms with Crippen molar-refractivity contribution in [1.29, 1.82) is 0 Å². The zero-order valence-electron chi connectivity index (χ0n) is 8.03. The Morgan fingerprint density at radius 2 is 2.00 bits per heavy atom. The fourth-order valence-corrected chi connectivity index (χ4v) is 1.57. The molecule has 1 aliphatic heterocycles. The minimum Gasteiger partial charge on any atom is -0.291 e. The molecular weight excluding hydrogens is 150 g/mol. The Bertz CT molecular complexity index is 139. The van der Waals surface area contributed by atoms with Gasteiger partial charge in [0.2, 0.25) is 0 Å². The van der Waals surface area contributed by atoms with Crippen molar-refractivity contribution < 1.29 is 0 Å². The normalized spacial score (nSPS) is 22.6. The quantitative estimate of drug-likeness (QED) is 0.552. The van der Waals surface area contributed by atoms with E-state index < -0.39 is 0 Å². The monoisotopic (exact) mass is 168 g/mol. The molecule has 1 radical (unpaired) electrons. The first-order valence-corrected chi connectivity index (χ1v) is 4.42. The molecule has 0 aromatic carbocycles. The van der Waals surface area contributed by atoms with Crippen molar-refractivity contribution in [2.75, 3.05) is 40.3 Å². The second-order valence-corrected chi connectivity index (χ2v) is 3.32. The third-order valence-corrected chi connectivity index (χ3v) is 2.20. The second kappa shape index (κ2) is 4.60. The predicted octanol–water partition coefficient (Wildman–Crippen LogP) is -0.0199. The van der Waals surface area contributed by atoms with E-state index in [1.54, 1.807) is 0 Å². The molecule has 0 aromatic rings. The molecule has 0 aromatic heterocycles. The number of likely N-dealkylation sites (N-methyl/N-ethyl adjacent to an activating group) is 1. The molecule has 0 aliphatic carbocycles. The van der Waals surface area contributed by atoms with Crippen molar-refractivity contribution >= 4 is 0 Å². The van der Waals surface area contributed by atoms with Crippen molar-refractivity contribution in [3.8, 4) is 0 Å². The topological polar surface area (TPSA) is 20.6 Å². The van der Waals surface area contributed by atoms with E-state index in [1.807, 2.05) is 6.08 Å². The van der Waals surface area contributed by atoms with E-state index in [4.69, 9.17) is 0 Å². The molecule has 1 atom stereocenters. The van der Waals surface area contributed by atoms with E-state index >= 15 is 0 Å². The summed E-state index contributed by atoms with van der Waals surface area (Å²) in [6.45, 7) is 7.91. The molecule has 1 aliphatic rings. The molecule has 0 amide bonds. The van der Waals surface area contributed by atoms with Crippen LogP contribution in [0.25, 0.3) is 0 Å². The number of rotatable bonds is 3. The van der Waals surface area contributed by atoms with Gasteiger partial charge in [-0.25, -0.2) is 5.32 Å². The summed E-state index contributed by atoms with van der Waals surface area (Å²) >= 11 is 0. The van der Waals surface area contributed by atoms with Gasteiger partial charge in [-0.15, -0.1) is 6.58 Å². The lowest BCUT2D eigenvalue weighted by molar-refractivity contribution is 0.102. The SMILES string of the molecule is C=CC(N(C)C)N1CC[N]CC1. The van der Waals surface area contributed by atoms with Crippen LogP contribution in [0, 0.1) is 0 Å². The van der Waals surface area contributed by atoms with Gasteiger partial charge in [0, 0.05) is 26.2 Å². The Balaban J connectivity index is 2.45. The Morgan fingerprint density at radius 1 is 1.42 bits per heavy atom. The molecule has 1 saturated heterocycles. The van der Waals surface area contributed by atoms with Gasteiger partial charge in [0.05, 0.1) is 6.17 Å². The largest absolute Gasteiger partial charge is 0.291 e. The van der Waals surface area contributed by atoms with Crippen LogP contribution in [0.1, 0.15) is 0 Å². The Morgan fingerprint density at radius 3 is 2.42 bits per heavy atom. The average molecular weight is 168 g/mol. The molecule has 0 saturated carbocycles. The second-order valence-electron chi connectivity index (χ2n) is 3.32. The molecular formula is C9H18N3. The van der Waals surface area contributed by atoms with Crippen molar-refractivity contribution in [2.24, 2.45) is 0 Å². The van der Waals surface area contributed by atoms with Crippen molar-refractivity contribution in [2.45, 2.75) is 6.17 Å². The van der Waals surface area contributed by atoms with Crippen molar-refractivity contribution in [3.05, 3.63) is 12.7 Å². The Kier molecular flexibility index (Phi) is 3.72. The predicted molar refractivity (Wildman–Crippen MR) is 51.1 cm³/mol. The van der Waals surface area contributed by atoms with Crippen LogP contribution in [-0.2, 0) is 0 Å². The molecule has 1 unspecified atom stereocenters. The van der Waals surface area contributed by atoms with Gasteiger partial charge in [-0.3, -0.25) is 9.80 Å². The molecule has 3 heteroatoms. The third-order valence-electron chi connectivity index (χ3n) is 2.20. The third kappa shape index (κ3) is 2.30. The fraction of sp³-hybridized carbons (Fsp3) is 0.778. The summed E-state index contributed by atoms with van der Waals surface area (Å²) in [7, 11) is 4.16. The molecule has 3 nitrogen and oxygen atoms in total. The molecule has 0 spiro atoms. The van der Waals surface area contributed by atoms with Gasteiger partial charge in [-0.1, -0.05) is 6.08 Å². The highest BCUT2D eigenvalue weighted by Crippen LogP contribution is 2.04. The summed E-state index contributed by atoms with van der Waals surface area (Å²) < 4.78 is 0. The lowest BCUT2D eigenvalue weighted by Gasteiger charge is -2.36. The van der Waals surface area contributed by atoms with E-state index in [2.05, 4.69) is 35.8 Å². The zero-order chi connectivity index (χ0) is 8.97. The molecule has 69 valence electrons. The summed E-state index contributed by atoms with van der Waals surface area (Å²) in [4.78, 5) is 4.58. The van der Waals surface area contributed by atoms with E-state index in [0.717, 1.165) is 26.2 Å².